The van der Waals surface area contributed by atoms with Gasteiger partial charge < -0.3 is 15.0 Å². The van der Waals surface area contributed by atoms with Crippen molar-refractivity contribution < 1.29 is 9.53 Å². The average Bonchev–Trinajstić information content (AvgIpc) is 3.37. The summed E-state index contributed by atoms with van der Waals surface area (Å²) in [5, 5.41) is 4.06. The van der Waals surface area contributed by atoms with Gasteiger partial charge in [-0.1, -0.05) is 12.1 Å². The molecule has 2 heterocycles. The Kier molecular flexibility index (Phi) is 5.06. The first-order valence-electron chi connectivity index (χ1n) is 9.22. The molecule has 1 saturated heterocycles. The fourth-order valence-electron chi connectivity index (χ4n) is 3.32. The van der Waals surface area contributed by atoms with E-state index in [2.05, 4.69) is 20.7 Å². The Morgan fingerprint density at radius 3 is 3.08 bits per heavy atom. The Morgan fingerprint density at radius 2 is 2.27 bits per heavy atom. The minimum absolute atomic E-state index is 0.0649. The van der Waals surface area contributed by atoms with E-state index < -0.39 is 0 Å². The number of benzene rings is 1. The lowest BCUT2D eigenvalue weighted by atomic mass is 9.97. The molecule has 7 heteroatoms. The largest absolute Gasteiger partial charge is 0.497 e. The molecule has 1 saturated carbocycles. The number of nitrogens with one attached hydrogen (secondary N) is 1. The number of carbonyl (C=O) groups is 1. The summed E-state index contributed by atoms with van der Waals surface area (Å²) in [6, 6.07) is 8.41. The second kappa shape index (κ2) is 7.61. The Bertz CT molecular complexity index is 774. The van der Waals surface area contributed by atoms with Crippen molar-refractivity contribution in [3.8, 4) is 5.75 Å². The number of nitrogens with zero attached hydrogens (tertiary/aromatic N) is 3. The van der Waals surface area contributed by atoms with Crippen LogP contribution in [0.15, 0.2) is 24.3 Å². The highest BCUT2D eigenvalue weighted by atomic mass is 32.1. The number of amides is 1. The van der Waals surface area contributed by atoms with E-state index in [9.17, 15) is 4.79 Å². The van der Waals surface area contributed by atoms with Crippen molar-refractivity contribution in [2.24, 2.45) is 5.92 Å². The standard InChI is InChI=1S/C19H24N4O2S/c1-25-16-6-2-4-13(10-16)11-17-21-19(26-22-17)23-9-3-5-14(12-23)18(24)20-15-7-8-15/h2,4,6,10,14-15H,3,5,7-9,11-12H2,1H3,(H,20,24). The molecule has 26 heavy (non-hydrogen) atoms. The Balaban J connectivity index is 1.39. The van der Waals surface area contributed by atoms with Gasteiger partial charge in [0.25, 0.3) is 0 Å². The zero-order valence-electron chi connectivity index (χ0n) is 15.0. The van der Waals surface area contributed by atoms with Crippen LogP contribution in [-0.2, 0) is 11.2 Å². The Hall–Kier alpha value is -2.15. The van der Waals surface area contributed by atoms with Crippen molar-refractivity contribution in [2.45, 2.75) is 38.1 Å². The lowest BCUT2D eigenvalue weighted by Gasteiger charge is -2.31. The first-order valence-corrected chi connectivity index (χ1v) is 9.99. The van der Waals surface area contributed by atoms with Crippen LogP contribution in [0.2, 0.25) is 0 Å². The zero-order chi connectivity index (χ0) is 17.9. The molecule has 1 N–H and O–H groups in total. The van der Waals surface area contributed by atoms with Gasteiger partial charge in [0.05, 0.1) is 13.0 Å². The molecular weight excluding hydrogens is 348 g/mol. The SMILES string of the molecule is COc1cccc(Cc2nsc(N3CCCC(C(=O)NC4CC4)C3)n2)c1. The lowest BCUT2D eigenvalue weighted by Crippen LogP contribution is -2.43. The second-order valence-electron chi connectivity index (χ2n) is 7.09. The van der Waals surface area contributed by atoms with Gasteiger partial charge in [0.2, 0.25) is 11.0 Å². The van der Waals surface area contributed by atoms with Gasteiger partial charge in [0, 0.05) is 37.1 Å². The highest BCUT2D eigenvalue weighted by Gasteiger charge is 2.31. The lowest BCUT2D eigenvalue weighted by molar-refractivity contribution is -0.125. The average molecular weight is 372 g/mol. The van der Waals surface area contributed by atoms with Crippen LogP contribution in [0.5, 0.6) is 5.75 Å². The predicted molar refractivity (Wildman–Crippen MR) is 102 cm³/mol. The van der Waals surface area contributed by atoms with E-state index >= 15 is 0 Å². The van der Waals surface area contributed by atoms with Crippen LogP contribution in [0.3, 0.4) is 0 Å². The van der Waals surface area contributed by atoms with Crippen molar-refractivity contribution in [2.75, 3.05) is 25.1 Å². The number of aromatic nitrogens is 2. The molecule has 2 fully saturated rings. The topological polar surface area (TPSA) is 67.3 Å². The summed E-state index contributed by atoms with van der Waals surface area (Å²) < 4.78 is 9.79. The van der Waals surface area contributed by atoms with E-state index in [0.717, 1.165) is 61.0 Å². The third-order valence-electron chi connectivity index (χ3n) is 4.94. The monoisotopic (exact) mass is 372 g/mol. The van der Waals surface area contributed by atoms with E-state index in [0.29, 0.717) is 12.5 Å². The van der Waals surface area contributed by atoms with Crippen LogP contribution in [-0.4, -0.2) is 41.5 Å². The summed E-state index contributed by atoms with van der Waals surface area (Å²) in [5.41, 5.74) is 1.13. The minimum atomic E-state index is 0.0649. The van der Waals surface area contributed by atoms with Gasteiger partial charge in [-0.2, -0.15) is 4.37 Å². The third kappa shape index (κ3) is 4.15. The minimum Gasteiger partial charge on any atom is -0.497 e. The van der Waals surface area contributed by atoms with E-state index in [4.69, 9.17) is 9.72 Å². The molecule has 1 aromatic carbocycles. The number of piperidine rings is 1. The summed E-state index contributed by atoms with van der Waals surface area (Å²) in [7, 11) is 1.67. The fraction of sp³-hybridized carbons (Fsp3) is 0.526. The maximum Gasteiger partial charge on any atom is 0.225 e. The van der Waals surface area contributed by atoms with Crippen LogP contribution in [0.25, 0.3) is 0 Å². The third-order valence-corrected chi connectivity index (χ3v) is 5.76. The molecule has 1 aliphatic heterocycles. The Labute approximate surface area is 157 Å². The van der Waals surface area contributed by atoms with E-state index in [-0.39, 0.29) is 11.8 Å². The Morgan fingerprint density at radius 1 is 1.38 bits per heavy atom. The van der Waals surface area contributed by atoms with E-state index in [1.165, 1.54) is 11.5 Å². The van der Waals surface area contributed by atoms with Gasteiger partial charge in [-0.3, -0.25) is 4.79 Å². The number of rotatable bonds is 6. The molecule has 0 spiro atoms. The van der Waals surface area contributed by atoms with Gasteiger partial charge in [-0.25, -0.2) is 4.98 Å². The quantitative estimate of drug-likeness (QED) is 0.844. The van der Waals surface area contributed by atoms with Gasteiger partial charge in [0.15, 0.2) is 0 Å². The van der Waals surface area contributed by atoms with E-state index in [1.54, 1.807) is 7.11 Å². The van der Waals surface area contributed by atoms with Gasteiger partial charge in [0.1, 0.15) is 11.6 Å². The van der Waals surface area contributed by atoms with Crippen LogP contribution in [0, 0.1) is 5.92 Å². The summed E-state index contributed by atoms with van der Waals surface area (Å²) in [4.78, 5) is 19.3. The van der Waals surface area contributed by atoms with Gasteiger partial charge in [-0.15, -0.1) is 0 Å². The summed E-state index contributed by atoms with van der Waals surface area (Å²) >= 11 is 1.43. The molecular formula is C19H24N4O2S. The number of hydrogen-bond acceptors (Lipinski definition) is 6. The number of methoxy groups -OCH3 is 1. The second-order valence-corrected chi connectivity index (χ2v) is 7.82. The summed E-state index contributed by atoms with van der Waals surface area (Å²) in [6.45, 7) is 1.69. The molecule has 1 aliphatic carbocycles. The highest BCUT2D eigenvalue weighted by molar-refractivity contribution is 7.09. The maximum atomic E-state index is 12.3. The zero-order valence-corrected chi connectivity index (χ0v) is 15.8. The van der Waals surface area contributed by atoms with Gasteiger partial charge in [-0.05, 0) is 43.4 Å². The van der Waals surface area contributed by atoms with Crippen molar-refractivity contribution in [3.63, 3.8) is 0 Å². The molecule has 6 nitrogen and oxygen atoms in total. The molecule has 4 rings (SSSR count). The van der Waals surface area contributed by atoms with Crippen molar-refractivity contribution in [1.82, 2.24) is 14.7 Å². The fourth-order valence-corrected chi connectivity index (χ4v) is 4.04. The molecule has 1 atom stereocenters. The smallest absolute Gasteiger partial charge is 0.225 e. The maximum absolute atomic E-state index is 12.3. The molecule has 1 unspecified atom stereocenters. The number of carbonyl (C=O) groups excluding carboxylic acids is 1. The molecule has 138 valence electrons. The van der Waals surface area contributed by atoms with Crippen molar-refractivity contribution in [1.29, 1.82) is 0 Å². The number of hydrogen-bond donors (Lipinski definition) is 1. The van der Waals surface area contributed by atoms with E-state index in [1.807, 2.05) is 18.2 Å². The van der Waals surface area contributed by atoms with Crippen molar-refractivity contribution in [3.05, 3.63) is 35.7 Å². The molecule has 0 bridgehead atoms. The molecule has 0 radical (unpaired) electrons. The van der Waals surface area contributed by atoms with Gasteiger partial charge >= 0.3 is 0 Å². The molecule has 1 amide bonds. The first-order chi connectivity index (χ1) is 12.7. The molecule has 1 aromatic heterocycles. The highest BCUT2D eigenvalue weighted by Crippen LogP contribution is 2.27. The van der Waals surface area contributed by atoms with Crippen LogP contribution < -0.4 is 15.0 Å². The normalized spacial score (nSPS) is 20.0. The van der Waals surface area contributed by atoms with Crippen LogP contribution in [0.4, 0.5) is 5.13 Å². The summed E-state index contributed by atoms with van der Waals surface area (Å²) in [5.74, 6) is 1.94. The van der Waals surface area contributed by atoms with Crippen molar-refractivity contribution >= 4 is 22.6 Å². The van der Waals surface area contributed by atoms with Crippen LogP contribution >= 0.6 is 11.5 Å². The number of anilines is 1. The summed E-state index contributed by atoms with van der Waals surface area (Å²) in [6.07, 6.45) is 4.93. The molecule has 2 aliphatic rings. The number of ether oxygens (including phenoxy) is 1. The molecule has 2 aromatic rings. The first kappa shape index (κ1) is 17.3. The predicted octanol–water partition coefficient (Wildman–Crippen LogP) is 2.63. The van der Waals surface area contributed by atoms with Crippen LogP contribution in [0.1, 0.15) is 37.1 Å².